The van der Waals surface area contributed by atoms with E-state index in [-0.39, 0.29) is 17.7 Å². The Labute approximate surface area is 112 Å². The normalized spacial score (nSPS) is 23.7. The molecule has 19 heavy (non-hydrogen) atoms. The highest BCUT2D eigenvalue weighted by atomic mass is 16.2. The summed E-state index contributed by atoms with van der Waals surface area (Å²) in [7, 11) is 0. The number of aromatic nitrogens is 2. The summed E-state index contributed by atoms with van der Waals surface area (Å²) in [6.07, 6.45) is 1.58. The molecule has 0 bridgehead atoms. The van der Waals surface area contributed by atoms with Crippen LogP contribution in [-0.4, -0.2) is 39.0 Å². The molecular formula is C13H18N4O2. The molecule has 0 radical (unpaired) electrons. The maximum atomic E-state index is 12.3. The number of piperazine rings is 1. The molecule has 0 spiro atoms. The number of nitrogens with one attached hydrogen (secondary N) is 1. The Bertz CT molecular complexity index is 475. The predicted molar refractivity (Wildman–Crippen MR) is 68.8 cm³/mol. The van der Waals surface area contributed by atoms with Gasteiger partial charge in [-0.3, -0.25) is 9.59 Å². The first-order valence-electron chi connectivity index (χ1n) is 6.38. The van der Waals surface area contributed by atoms with Crippen molar-refractivity contribution in [2.45, 2.75) is 39.4 Å². The summed E-state index contributed by atoms with van der Waals surface area (Å²) in [6, 6.07) is 2.63. The van der Waals surface area contributed by atoms with Crippen LogP contribution in [0.1, 0.15) is 26.5 Å². The molecule has 0 aliphatic carbocycles. The maximum Gasteiger partial charge on any atom is 0.245 e. The van der Waals surface area contributed by atoms with E-state index in [9.17, 15) is 9.59 Å². The lowest BCUT2D eigenvalue weighted by molar-refractivity contribution is -0.151. The Balaban J connectivity index is 2.26. The van der Waals surface area contributed by atoms with E-state index in [1.54, 1.807) is 30.2 Å². The number of hydrogen-bond acceptors (Lipinski definition) is 4. The Kier molecular flexibility index (Phi) is 3.78. The van der Waals surface area contributed by atoms with Crippen LogP contribution in [0, 0.1) is 5.92 Å². The number of carbonyl (C=O) groups is 2. The van der Waals surface area contributed by atoms with E-state index in [4.69, 9.17) is 0 Å². The monoisotopic (exact) mass is 262 g/mol. The SMILES string of the molecule is CC1NC(=O)C(C(C)C)N(Cc2cccnn2)C1=O. The van der Waals surface area contributed by atoms with Gasteiger partial charge in [-0.1, -0.05) is 13.8 Å². The van der Waals surface area contributed by atoms with E-state index in [1.807, 2.05) is 13.8 Å². The Morgan fingerprint density at radius 1 is 1.42 bits per heavy atom. The highest BCUT2D eigenvalue weighted by Gasteiger charge is 2.40. The van der Waals surface area contributed by atoms with Crippen molar-refractivity contribution in [1.29, 1.82) is 0 Å². The van der Waals surface area contributed by atoms with Crippen LogP contribution in [-0.2, 0) is 16.1 Å². The standard InChI is InChI=1S/C13H18N4O2/c1-8(2)11-12(18)15-9(3)13(19)17(11)7-10-5-4-6-14-16-10/h4-6,8-9,11H,7H2,1-3H3,(H,15,18). The van der Waals surface area contributed by atoms with E-state index in [0.717, 1.165) is 0 Å². The van der Waals surface area contributed by atoms with Crippen LogP contribution in [0.5, 0.6) is 0 Å². The smallest absolute Gasteiger partial charge is 0.245 e. The minimum absolute atomic E-state index is 0.0492. The molecule has 1 aliphatic heterocycles. The van der Waals surface area contributed by atoms with Crippen molar-refractivity contribution in [1.82, 2.24) is 20.4 Å². The highest BCUT2D eigenvalue weighted by molar-refractivity contribution is 5.96. The fourth-order valence-corrected chi connectivity index (χ4v) is 2.32. The van der Waals surface area contributed by atoms with Crippen molar-refractivity contribution >= 4 is 11.8 Å². The fraction of sp³-hybridized carbons (Fsp3) is 0.538. The quantitative estimate of drug-likeness (QED) is 0.852. The number of carbonyl (C=O) groups excluding carboxylic acids is 2. The average Bonchev–Trinajstić information content (AvgIpc) is 2.36. The first-order chi connectivity index (χ1) is 9.00. The summed E-state index contributed by atoms with van der Waals surface area (Å²) in [4.78, 5) is 25.9. The van der Waals surface area contributed by atoms with Gasteiger partial charge >= 0.3 is 0 Å². The molecule has 2 unspecified atom stereocenters. The maximum absolute atomic E-state index is 12.3. The average molecular weight is 262 g/mol. The predicted octanol–water partition coefficient (Wildman–Crippen LogP) is 0.348. The summed E-state index contributed by atoms with van der Waals surface area (Å²) >= 11 is 0. The summed E-state index contributed by atoms with van der Waals surface area (Å²) < 4.78 is 0. The number of amides is 2. The van der Waals surface area contributed by atoms with Crippen LogP contribution in [0.4, 0.5) is 0 Å². The van der Waals surface area contributed by atoms with Crippen molar-refractivity contribution in [3.8, 4) is 0 Å². The second kappa shape index (κ2) is 5.34. The van der Waals surface area contributed by atoms with Gasteiger partial charge in [0.05, 0.1) is 12.2 Å². The van der Waals surface area contributed by atoms with Gasteiger partial charge in [0.1, 0.15) is 12.1 Å². The molecule has 0 saturated carbocycles. The van der Waals surface area contributed by atoms with Crippen LogP contribution >= 0.6 is 0 Å². The molecule has 1 aliphatic rings. The zero-order valence-corrected chi connectivity index (χ0v) is 11.3. The largest absolute Gasteiger partial charge is 0.343 e. The van der Waals surface area contributed by atoms with Crippen molar-refractivity contribution in [2.24, 2.45) is 5.92 Å². The van der Waals surface area contributed by atoms with Gasteiger partial charge in [0.2, 0.25) is 11.8 Å². The lowest BCUT2D eigenvalue weighted by atomic mass is 9.97. The molecule has 6 nitrogen and oxygen atoms in total. The van der Waals surface area contributed by atoms with Crippen molar-refractivity contribution in [3.63, 3.8) is 0 Å². The number of hydrogen-bond donors (Lipinski definition) is 1. The van der Waals surface area contributed by atoms with Gasteiger partial charge in [0.15, 0.2) is 0 Å². The third-order valence-electron chi connectivity index (χ3n) is 3.21. The summed E-state index contributed by atoms with van der Waals surface area (Å²) in [6.45, 7) is 5.86. The van der Waals surface area contributed by atoms with Crippen LogP contribution in [0.25, 0.3) is 0 Å². The molecule has 2 atom stereocenters. The molecule has 2 amide bonds. The molecule has 1 aromatic heterocycles. The third-order valence-corrected chi connectivity index (χ3v) is 3.21. The summed E-state index contributed by atoms with van der Waals surface area (Å²) in [5.41, 5.74) is 0.684. The van der Waals surface area contributed by atoms with E-state index in [1.165, 1.54) is 0 Å². The van der Waals surface area contributed by atoms with E-state index in [0.29, 0.717) is 12.2 Å². The molecular weight excluding hydrogens is 244 g/mol. The lowest BCUT2D eigenvalue weighted by Crippen LogP contribution is -2.63. The molecule has 1 saturated heterocycles. The molecule has 6 heteroatoms. The van der Waals surface area contributed by atoms with Crippen molar-refractivity contribution in [2.75, 3.05) is 0 Å². The number of nitrogens with zero attached hydrogens (tertiary/aromatic N) is 3. The molecule has 0 aromatic carbocycles. The van der Waals surface area contributed by atoms with Crippen LogP contribution < -0.4 is 5.32 Å². The minimum Gasteiger partial charge on any atom is -0.343 e. The van der Waals surface area contributed by atoms with Crippen molar-refractivity contribution < 1.29 is 9.59 Å². The molecule has 1 fully saturated rings. The third kappa shape index (κ3) is 2.72. The van der Waals surface area contributed by atoms with Gasteiger partial charge in [-0.15, -0.1) is 0 Å². The van der Waals surface area contributed by atoms with E-state index in [2.05, 4.69) is 15.5 Å². The minimum atomic E-state index is -0.487. The van der Waals surface area contributed by atoms with E-state index < -0.39 is 12.1 Å². The van der Waals surface area contributed by atoms with Gasteiger partial charge in [-0.05, 0) is 25.0 Å². The molecule has 1 aromatic rings. The van der Waals surface area contributed by atoms with Gasteiger partial charge in [-0.2, -0.15) is 10.2 Å². The first kappa shape index (κ1) is 13.5. The van der Waals surface area contributed by atoms with E-state index >= 15 is 0 Å². The van der Waals surface area contributed by atoms with Crippen LogP contribution in [0.2, 0.25) is 0 Å². The van der Waals surface area contributed by atoms with Crippen LogP contribution in [0.15, 0.2) is 18.3 Å². The zero-order valence-electron chi connectivity index (χ0n) is 11.3. The summed E-state index contributed by atoms with van der Waals surface area (Å²) in [5.74, 6) is -0.136. The molecule has 2 heterocycles. The first-order valence-corrected chi connectivity index (χ1v) is 6.38. The molecule has 2 rings (SSSR count). The topological polar surface area (TPSA) is 75.2 Å². The molecule has 102 valence electrons. The lowest BCUT2D eigenvalue weighted by Gasteiger charge is -2.39. The van der Waals surface area contributed by atoms with Crippen molar-refractivity contribution in [3.05, 3.63) is 24.0 Å². The Hall–Kier alpha value is -1.98. The Morgan fingerprint density at radius 2 is 2.16 bits per heavy atom. The van der Waals surface area contributed by atoms with Gasteiger partial charge in [-0.25, -0.2) is 0 Å². The second-order valence-electron chi connectivity index (χ2n) is 5.10. The fourth-order valence-electron chi connectivity index (χ4n) is 2.32. The highest BCUT2D eigenvalue weighted by Crippen LogP contribution is 2.19. The molecule has 1 N–H and O–H groups in total. The summed E-state index contributed by atoms with van der Waals surface area (Å²) in [5, 5.41) is 10.5. The second-order valence-corrected chi connectivity index (χ2v) is 5.10. The number of rotatable bonds is 3. The van der Waals surface area contributed by atoms with Gasteiger partial charge < -0.3 is 10.2 Å². The zero-order chi connectivity index (χ0) is 14.0. The van der Waals surface area contributed by atoms with Crippen LogP contribution in [0.3, 0.4) is 0 Å². The Morgan fingerprint density at radius 3 is 2.74 bits per heavy atom. The van der Waals surface area contributed by atoms with Gasteiger partial charge in [0, 0.05) is 6.20 Å². The van der Waals surface area contributed by atoms with Gasteiger partial charge in [0.25, 0.3) is 0 Å².